The number of nitrogens with one attached hydrogen (secondary N) is 1. The largest absolute Gasteiger partial charge is 0.337 e. The second-order valence-corrected chi connectivity index (χ2v) is 10.7. The van der Waals surface area contributed by atoms with Crippen molar-refractivity contribution in [1.29, 1.82) is 0 Å². The zero-order chi connectivity index (χ0) is 22.8. The number of hydrogen-bond donors (Lipinski definition) is 1. The summed E-state index contributed by atoms with van der Waals surface area (Å²) >= 11 is 0. The summed E-state index contributed by atoms with van der Waals surface area (Å²) in [6.45, 7) is 7.77. The van der Waals surface area contributed by atoms with E-state index in [2.05, 4.69) is 55.4 Å². The van der Waals surface area contributed by atoms with Crippen molar-refractivity contribution in [3.63, 3.8) is 0 Å². The number of carbonyl (C=O) groups excluding carboxylic acids is 2. The lowest BCUT2D eigenvalue weighted by Crippen LogP contribution is -2.81. The van der Waals surface area contributed by atoms with Crippen molar-refractivity contribution in [3.8, 4) is 0 Å². The number of piperidine rings is 1. The first kappa shape index (κ1) is 23.4. The van der Waals surface area contributed by atoms with Crippen LogP contribution in [0.15, 0.2) is 24.3 Å². The molecule has 2 aliphatic heterocycles. The number of unbranched alkanes of at least 4 members (excludes halogenated alkanes) is 1. The van der Waals surface area contributed by atoms with Crippen molar-refractivity contribution < 1.29 is 14.1 Å². The molecule has 0 radical (unpaired) electrons. The molecule has 3 aliphatic rings. The third kappa shape index (κ3) is 4.14. The highest BCUT2D eigenvalue weighted by Gasteiger charge is 2.64. The summed E-state index contributed by atoms with van der Waals surface area (Å²) in [6, 6.07) is 8.26. The molecule has 32 heavy (non-hydrogen) atoms. The Balaban J connectivity index is 1.54. The van der Waals surface area contributed by atoms with E-state index in [-0.39, 0.29) is 17.9 Å². The van der Waals surface area contributed by atoms with Crippen LogP contribution >= 0.6 is 0 Å². The third-order valence-corrected chi connectivity index (χ3v) is 8.82. The summed E-state index contributed by atoms with van der Waals surface area (Å²) < 4.78 is 0.312. The first-order valence-electron chi connectivity index (χ1n) is 12.9. The monoisotopic (exact) mass is 440 g/mol. The van der Waals surface area contributed by atoms with Gasteiger partial charge in [-0.1, -0.05) is 56.9 Å². The van der Waals surface area contributed by atoms with E-state index < -0.39 is 5.54 Å². The highest BCUT2D eigenvalue weighted by molar-refractivity contribution is 5.95. The Labute approximate surface area is 194 Å². The SMILES string of the molecule is CCCC[N+]1(C)C(=O)[C@H](C2CCCCC2)NC(=O)C12CCN(Cc1ccccc1C)CC2. The van der Waals surface area contributed by atoms with Crippen molar-refractivity contribution in [2.75, 3.05) is 26.7 Å². The van der Waals surface area contributed by atoms with Gasteiger partial charge in [0.2, 0.25) is 0 Å². The van der Waals surface area contributed by atoms with Crippen LogP contribution in [0.4, 0.5) is 0 Å². The molecule has 5 heteroatoms. The van der Waals surface area contributed by atoms with Crippen LogP contribution in [0.1, 0.15) is 75.8 Å². The van der Waals surface area contributed by atoms with E-state index in [9.17, 15) is 9.59 Å². The highest BCUT2D eigenvalue weighted by Crippen LogP contribution is 2.41. The van der Waals surface area contributed by atoms with Gasteiger partial charge in [0.05, 0.1) is 13.6 Å². The van der Waals surface area contributed by atoms with Crippen LogP contribution in [-0.4, -0.2) is 59.5 Å². The molecule has 1 aliphatic carbocycles. The smallest absolute Gasteiger partial charge is 0.335 e. The molecule has 2 amide bonds. The van der Waals surface area contributed by atoms with Crippen molar-refractivity contribution in [1.82, 2.24) is 10.2 Å². The summed E-state index contributed by atoms with van der Waals surface area (Å²) in [4.78, 5) is 30.3. The molecular formula is C27H42N3O2+. The Bertz CT molecular complexity index is 824. The first-order chi connectivity index (χ1) is 15.4. The minimum atomic E-state index is -0.611. The predicted molar refractivity (Wildman–Crippen MR) is 128 cm³/mol. The van der Waals surface area contributed by atoms with Gasteiger partial charge in [-0.2, -0.15) is 0 Å². The summed E-state index contributed by atoms with van der Waals surface area (Å²) in [6.07, 6.45) is 9.32. The molecule has 2 heterocycles. The molecule has 5 nitrogen and oxygen atoms in total. The number of amides is 2. The van der Waals surface area contributed by atoms with Gasteiger partial charge in [0.15, 0.2) is 5.54 Å². The molecule has 1 saturated carbocycles. The molecule has 1 N–H and O–H groups in total. The Morgan fingerprint density at radius 1 is 1.09 bits per heavy atom. The van der Waals surface area contributed by atoms with Crippen molar-refractivity contribution >= 4 is 11.8 Å². The number of benzene rings is 1. The minimum Gasteiger partial charge on any atom is -0.335 e. The molecule has 176 valence electrons. The maximum absolute atomic E-state index is 14.0. The lowest BCUT2D eigenvalue weighted by Gasteiger charge is -2.55. The number of hydrogen-bond acceptors (Lipinski definition) is 3. The second-order valence-electron chi connectivity index (χ2n) is 10.7. The van der Waals surface area contributed by atoms with Crippen LogP contribution in [0.3, 0.4) is 0 Å². The Morgan fingerprint density at radius 2 is 1.78 bits per heavy atom. The van der Waals surface area contributed by atoms with Gasteiger partial charge < -0.3 is 5.32 Å². The quantitative estimate of drug-likeness (QED) is 0.675. The summed E-state index contributed by atoms with van der Waals surface area (Å²) in [5.74, 6) is 0.733. The minimum absolute atomic E-state index is 0.141. The lowest BCUT2D eigenvalue weighted by molar-refractivity contribution is -0.883. The molecular weight excluding hydrogens is 398 g/mol. The van der Waals surface area contributed by atoms with E-state index in [1.807, 2.05) is 0 Å². The number of rotatable bonds is 6. The summed E-state index contributed by atoms with van der Waals surface area (Å²) in [5.41, 5.74) is 2.06. The molecule has 0 aromatic heterocycles. The van der Waals surface area contributed by atoms with Crippen LogP contribution in [0.25, 0.3) is 0 Å². The number of likely N-dealkylation sites (N-methyl/N-ethyl adjacent to an activating group) is 1. The fourth-order valence-corrected chi connectivity index (χ4v) is 6.49. The number of aryl methyl sites for hydroxylation is 1. The maximum Gasteiger partial charge on any atom is 0.337 e. The van der Waals surface area contributed by atoms with Crippen LogP contribution in [0.5, 0.6) is 0 Å². The summed E-state index contributed by atoms with van der Waals surface area (Å²) in [7, 11) is 2.09. The molecule has 1 spiro atoms. The Kier molecular flexibility index (Phi) is 7.06. The molecule has 1 aromatic carbocycles. The normalized spacial score (nSPS) is 29.3. The van der Waals surface area contributed by atoms with Gasteiger partial charge in [-0.05, 0) is 43.2 Å². The van der Waals surface area contributed by atoms with E-state index in [0.717, 1.165) is 64.7 Å². The van der Waals surface area contributed by atoms with Crippen LogP contribution in [-0.2, 0) is 16.1 Å². The molecule has 0 bridgehead atoms. The fraction of sp³-hybridized carbons (Fsp3) is 0.704. The maximum atomic E-state index is 14.0. The predicted octanol–water partition coefficient (Wildman–Crippen LogP) is 4.18. The van der Waals surface area contributed by atoms with E-state index in [1.165, 1.54) is 30.4 Å². The van der Waals surface area contributed by atoms with Gasteiger partial charge in [-0.25, -0.2) is 9.28 Å². The van der Waals surface area contributed by atoms with Crippen LogP contribution in [0, 0.1) is 12.8 Å². The fourth-order valence-electron chi connectivity index (χ4n) is 6.49. The van der Waals surface area contributed by atoms with E-state index in [0.29, 0.717) is 10.4 Å². The average Bonchev–Trinajstić information content (AvgIpc) is 2.82. The van der Waals surface area contributed by atoms with E-state index >= 15 is 0 Å². The number of nitrogens with zero attached hydrogens (tertiary/aromatic N) is 2. The summed E-state index contributed by atoms with van der Waals surface area (Å²) in [5, 5.41) is 3.28. The zero-order valence-corrected chi connectivity index (χ0v) is 20.4. The highest BCUT2D eigenvalue weighted by atomic mass is 16.2. The number of carbonyl (C=O) groups is 2. The van der Waals surface area contributed by atoms with Gasteiger partial charge in [0.1, 0.15) is 6.04 Å². The van der Waals surface area contributed by atoms with Gasteiger partial charge >= 0.3 is 5.91 Å². The molecule has 4 rings (SSSR count). The standard InChI is InChI=1S/C27H41N3O2/c1-4-5-19-30(3)25(31)24(22-12-7-6-8-13-22)28-26(32)27(30)15-17-29(18-16-27)20-23-14-10-9-11-21(23)2/h9-11,14,22,24H,4-8,12-13,15-20H2,1-3H3/p+1/t24-,30?/m0/s1. The molecule has 3 fully saturated rings. The average molecular weight is 441 g/mol. The number of quaternary nitrogens is 1. The van der Waals surface area contributed by atoms with Gasteiger partial charge in [0.25, 0.3) is 5.91 Å². The second kappa shape index (κ2) is 9.64. The van der Waals surface area contributed by atoms with Gasteiger partial charge in [-0.3, -0.25) is 9.69 Å². The Hall–Kier alpha value is -1.72. The van der Waals surface area contributed by atoms with Crippen molar-refractivity contribution in [3.05, 3.63) is 35.4 Å². The molecule has 2 atom stereocenters. The molecule has 1 unspecified atom stereocenters. The Morgan fingerprint density at radius 3 is 2.44 bits per heavy atom. The van der Waals surface area contributed by atoms with E-state index in [4.69, 9.17) is 0 Å². The molecule has 2 saturated heterocycles. The topological polar surface area (TPSA) is 49.4 Å². The number of piperazine rings is 1. The first-order valence-corrected chi connectivity index (χ1v) is 12.9. The third-order valence-electron chi connectivity index (χ3n) is 8.82. The van der Waals surface area contributed by atoms with Gasteiger partial charge in [0, 0.05) is 32.5 Å². The van der Waals surface area contributed by atoms with Crippen LogP contribution < -0.4 is 5.32 Å². The van der Waals surface area contributed by atoms with Crippen molar-refractivity contribution in [2.24, 2.45) is 5.92 Å². The zero-order valence-electron chi connectivity index (χ0n) is 20.4. The van der Waals surface area contributed by atoms with E-state index in [1.54, 1.807) is 0 Å². The lowest BCUT2D eigenvalue weighted by atomic mass is 9.75. The van der Waals surface area contributed by atoms with Crippen molar-refractivity contribution in [2.45, 2.75) is 89.8 Å². The number of likely N-dealkylation sites (tertiary alicyclic amines) is 1. The van der Waals surface area contributed by atoms with Crippen LogP contribution in [0.2, 0.25) is 0 Å². The molecule has 1 aromatic rings. The van der Waals surface area contributed by atoms with Gasteiger partial charge in [-0.15, -0.1) is 0 Å².